The van der Waals surface area contributed by atoms with E-state index in [0.29, 0.717) is 0 Å². The molecule has 3 rings (SSSR count). The fourth-order valence-electron chi connectivity index (χ4n) is 2.80. The third kappa shape index (κ3) is 4.61. The molecule has 160 valence electrons. The molecule has 0 aliphatic carbocycles. The molecule has 30 heavy (non-hydrogen) atoms. The summed E-state index contributed by atoms with van der Waals surface area (Å²) in [5.74, 6) is -2.47. The number of H-pyrrole nitrogens is 1. The van der Waals surface area contributed by atoms with Crippen LogP contribution in [-0.4, -0.2) is 30.5 Å². The van der Waals surface area contributed by atoms with Crippen molar-refractivity contribution in [2.45, 2.75) is 24.6 Å². The zero-order chi connectivity index (χ0) is 22.1. The topological polar surface area (TPSA) is 123 Å². The first-order chi connectivity index (χ1) is 14.1. The van der Waals surface area contributed by atoms with Crippen LogP contribution in [0.3, 0.4) is 0 Å². The minimum atomic E-state index is -4.20. The van der Waals surface area contributed by atoms with Crippen molar-refractivity contribution in [1.29, 1.82) is 0 Å². The molecule has 0 amide bonds. The quantitative estimate of drug-likeness (QED) is 0.518. The zero-order valence-electron chi connectivity index (χ0n) is 15.9. The van der Waals surface area contributed by atoms with Gasteiger partial charge in [-0.3, -0.25) is 0 Å². The summed E-state index contributed by atoms with van der Waals surface area (Å²) in [6.07, 6.45) is 0. The number of methoxy groups -OCH3 is 1. The molecule has 4 N–H and O–H groups in total. The lowest BCUT2D eigenvalue weighted by Crippen LogP contribution is -2.17. The van der Waals surface area contributed by atoms with E-state index in [-0.39, 0.29) is 35.2 Å². The van der Waals surface area contributed by atoms with Crippen molar-refractivity contribution in [3.63, 3.8) is 0 Å². The number of sulfonamides is 1. The molecule has 0 spiro atoms. The molecule has 0 aliphatic heterocycles. The molecule has 1 unspecified atom stereocenters. The predicted octanol–water partition coefficient (Wildman–Crippen LogP) is 2.53. The minimum Gasteiger partial charge on any atom is -0.378 e. The van der Waals surface area contributed by atoms with Crippen molar-refractivity contribution in [2.24, 2.45) is 5.14 Å². The predicted molar refractivity (Wildman–Crippen MR) is 101 cm³/mol. The van der Waals surface area contributed by atoms with E-state index in [1.807, 2.05) is 0 Å². The first-order valence-corrected chi connectivity index (χ1v) is 10.1. The van der Waals surface area contributed by atoms with Gasteiger partial charge in [0.05, 0.1) is 18.0 Å². The van der Waals surface area contributed by atoms with Crippen molar-refractivity contribution >= 4 is 15.8 Å². The van der Waals surface area contributed by atoms with Crippen LogP contribution in [0.15, 0.2) is 35.4 Å². The maximum atomic E-state index is 13.9. The third-order valence-corrected chi connectivity index (χ3v) is 5.06. The first kappa shape index (κ1) is 21.7. The Bertz CT molecular complexity index is 1180. The second kappa shape index (κ2) is 8.42. The first-order valence-electron chi connectivity index (χ1n) is 8.55. The number of benzene rings is 1. The number of nitrogens with one attached hydrogen (secondary N) is 2. The van der Waals surface area contributed by atoms with Gasteiger partial charge in [-0.25, -0.2) is 36.7 Å². The smallest absolute Gasteiger partial charge is 0.257 e. The van der Waals surface area contributed by atoms with E-state index in [0.717, 1.165) is 12.1 Å². The highest BCUT2D eigenvalue weighted by Crippen LogP contribution is 2.28. The molecule has 12 heteroatoms. The Hall–Kier alpha value is -2.96. The molecule has 0 aliphatic rings. The van der Waals surface area contributed by atoms with Crippen LogP contribution in [0.2, 0.25) is 0 Å². The number of pyridine rings is 1. The Morgan fingerprint density at radius 2 is 1.83 bits per heavy atom. The van der Waals surface area contributed by atoms with Crippen molar-refractivity contribution in [1.82, 2.24) is 15.0 Å². The molecule has 0 bridgehead atoms. The molecule has 8 nitrogen and oxygen atoms in total. The van der Waals surface area contributed by atoms with Gasteiger partial charge in [-0.05, 0) is 36.8 Å². The summed E-state index contributed by atoms with van der Waals surface area (Å²) in [5, 5.41) is 7.70. The molecule has 0 fully saturated rings. The van der Waals surface area contributed by atoms with E-state index < -0.39 is 38.5 Å². The molecule has 1 atom stereocenters. The zero-order valence-corrected chi connectivity index (χ0v) is 16.7. The highest BCUT2D eigenvalue weighted by Gasteiger charge is 2.26. The van der Waals surface area contributed by atoms with Crippen LogP contribution in [0.5, 0.6) is 0 Å². The summed E-state index contributed by atoms with van der Waals surface area (Å²) in [7, 11) is -2.85. The number of rotatable bonds is 7. The molecule has 0 radical (unpaired) electrons. The van der Waals surface area contributed by atoms with Crippen LogP contribution in [0, 0.1) is 24.4 Å². The Labute approximate surface area is 170 Å². The number of ether oxygens (including phenoxy) is 1. The Morgan fingerprint density at radius 3 is 2.43 bits per heavy atom. The number of nitrogens with two attached hydrogens (primary N) is 1. The summed E-state index contributed by atoms with van der Waals surface area (Å²) < 4.78 is 69.6. The number of aromatic nitrogens is 3. The number of halogens is 3. The van der Waals surface area contributed by atoms with E-state index in [9.17, 15) is 21.6 Å². The van der Waals surface area contributed by atoms with Gasteiger partial charge in [0, 0.05) is 7.11 Å². The fourth-order valence-corrected chi connectivity index (χ4v) is 3.48. The highest BCUT2D eigenvalue weighted by molar-refractivity contribution is 7.89. The Balaban J connectivity index is 2.13. The SMILES string of the molecule is COCc1[nH]c(C(Nc2ccc(F)c(C)n2)c2ccc(F)c(F)c2)nc1S(N)(=O)=O. The number of anilines is 1. The van der Waals surface area contributed by atoms with Crippen molar-refractivity contribution in [2.75, 3.05) is 12.4 Å². The van der Waals surface area contributed by atoms with Gasteiger partial charge in [0.25, 0.3) is 10.0 Å². The van der Waals surface area contributed by atoms with Gasteiger partial charge in [-0.1, -0.05) is 6.07 Å². The summed E-state index contributed by atoms with van der Waals surface area (Å²) in [4.78, 5) is 10.9. The van der Waals surface area contributed by atoms with Crippen molar-refractivity contribution < 1.29 is 26.3 Å². The van der Waals surface area contributed by atoms with Crippen LogP contribution in [0.25, 0.3) is 0 Å². The summed E-state index contributed by atoms with van der Waals surface area (Å²) in [6.45, 7) is 1.31. The second-order valence-electron chi connectivity index (χ2n) is 6.40. The average molecular weight is 441 g/mol. The average Bonchev–Trinajstić information content (AvgIpc) is 3.09. The van der Waals surface area contributed by atoms with Gasteiger partial charge in [0.2, 0.25) is 0 Å². The molecule has 2 aromatic heterocycles. The fraction of sp³-hybridized carbons (Fsp3) is 0.222. The van der Waals surface area contributed by atoms with E-state index >= 15 is 0 Å². The number of primary sulfonamides is 1. The number of nitrogens with zero attached hydrogens (tertiary/aromatic N) is 2. The lowest BCUT2D eigenvalue weighted by molar-refractivity contribution is 0.179. The standard InChI is InChI=1S/C18H18F3N5O3S/c1-9-11(19)5-6-15(23-9)25-16(10-3-4-12(20)13(21)7-10)17-24-14(8-29-2)18(26-17)30(22,27)28/h3-7,16H,8H2,1-2H3,(H,23,25)(H,24,26)(H2,22,27,28). The lowest BCUT2D eigenvalue weighted by atomic mass is 10.1. The Morgan fingerprint density at radius 1 is 1.13 bits per heavy atom. The lowest BCUT2D eigenvalue weighted by Gasteiger charge is -2.18. The Kier molecular flexibility index (Phi) is 6.10. The minimum absolute atomic E-state index is 0.0286. The second-order valence-corrected chi connectivity index (χ2v) is 7.88. The monoisotopic (exact) mass is 441 g/mol. The van der Waals surface area contributed by atoms with Crippen molar-refractivity contribution in [3.05, 3.63) is 70.6 Å². The van der Waals surface area contributed by atoms with E-state index in [4.69, 9.17) is 9.88 Å². The van der Waals surface area contributed by atoms with Gasteiger partial charge in [0.15, 0.2) is 16.7 Å². The van der Waals surface area contributed by atoms with E-state index in [1.165, 1.54) is 32.2 Å². The van der Waals surface area contributed by atoms with Crippen LogP contribution >= 0.6 is 0 Å². The molecule has 3 aromatic rings. The maximum Gasteiger partial charge on any atom is 0.257 e. The van der Waals surface area contributed by atoms with E-state index in [2.05, 4.69) is 20.3 Å². The summed E-state index contributed by atoms with van der Waals surface area (Å²) in [6, 6.07) is 4.67. The maximum absolute atomic E-state index is 13.9. The highest BCUT2D eigenvalue weighted by atomic mass is 32.2. The number of hydrogen-bond donors (Lipinski definition) is 3. The third-order valence-electron chi connectivity index (χ3n) is 4.18. The largest absolute Gasteiger partial charge is 0.378 e. The van der Waals surface area contributed by atoms with Gasteiger partial charge in [-0.2, -0.15) is 0 Å². The number of imidazole rings is 1. The number of aryl methyl sites for hydroxylation is 1. The molecule has 1 aromatic carbocycles. The summed E-state index contributed by atoms with van der Waals surface area (Å²) in [5.41, 5.74) is 0.387. The molecular formula is C18H18F3N5O3S. The number of aromatic amines is 1. The summed E-state index contributed by atoms with van der Waals surface area (Å²) >= 11 is 0. The molecular weight excluding hydrogens is 423 g/mol. The number of hydrogen-bond acceptors (Lipinski definition) is 6. The molecule has 0 saturated heterocycles. The van der Waals surface area contributed by atoms with Gasteiger partial charge >= 0.3 is 0 Å². The molecule has 2 heterocycles. The van der Waals surface area contributed by atoms with Crippen LogP contribution in [-0.2, 0) is 21.4 Å². The molecule has 0 saturated carbocycles. The van der Waals surface area contributed by atoms with E-state index in [1.54, 1.807) is 0 Å². The van der Waals surface area contributed by atoms with Crippen molar-refractivity contribution in [3.8, 4) is 0 Å². The van der Waals surface area contributed by atoms with Crippen LogP contribution in [0.4, 0.5) is 19.0 Å². The van der Waals surface area contributed by atoms with Gasteiger partial charge in [-0.15, -0.1) is 0 Å². The van der Waals surface area contributed by atoms with Gasteiger partial charge in [0.1, 0.15) is 23.5 Å². The van der Waals surface area contributed by atoms with Crippen LogP contribution in [0.1, 0.15) is 28.8 Å². The van der Waals surface area contributed by atoms with Gasteiger partial charge < -0.3 is 15.0 Å². The normalized spacial score (nSPS) is 12.7. The van der Waals surface area contributed by atoms with Crippen LogP contribution < -0.4 is 10.5 Å².